The van der Waals surface area contributed by atoms with E-state index in [2.05, 4.69) is 98.8 Å². The van der Waals surface area contributed by atoms with Crippen molar-refractivity contribution in [3.63, 3.8) is 0 Å². The summed E-state index contributed by atoms with van der Waals surface area (Å²) in [5, 5.41) is 0. The van der Waals surface area contributed by atoms with Gasteiger partial charge in [-0.3, -0.25) is 4.98 Å². The molecule has 4 heteroatoms. The van der Waals surface area contributed by atoms with E-state index >= 15 is 0 Å². The summed E-state index contributed by atoms with van der Waals surface area (Å²) < 4.78 is 6.15. The molecular weight excluding hydrogens is 502 g/mol. The van der Waals surface area contributed by atoms with Gasteiger partial charge in [0.15, 0.2) is 0 Å². The van der Waals surface area contributed by atoms with Crippen LogP contribution in [0.2, 0.25) is 0 Å². The molecule has 2 heterocycles. The SMILES string of the molecule is Cc1ccc(-c2ccc(-c3ccc(C)cc3)c3nc(-c4ccccc4C4=N[C@@H](c5ccccc5)CO4)cnc23)cc1. The Hall–Kier alpha value is -5.09. The number of hydrogen-bond acceptors (Lipinski definition) is 4. The lowest BCUT2D eigenvalue weighted by Gasteiger charge is -2.14. The second-order valence-electron chi connectivity index (χ2n) is 10.6. The van der Waals surface area contributed by atoms with Gasteiger partial charge < -0.3 is 4.74 Å². The number of rotatable bonds is 5. The fraction of sp³-hybridized carbons (Fsp3) is 0.108. The van der Waals surface area contributed by atoms with Crippen LogP contribution in [0.3, 0.4) is 0 Å². The van der Waals surface area contributed by atoms with E-state index in [0.29, 0.717) is 12.5 Å². The van der Waals surface area contributed by atoms with Crippen LogP contribution in [0.5, 0.6) is 0 Å². The van der Waals surface area contributed by atoms with Gasteiger partial charge in [0.05, 0.1) is 22.9 Å². The van der Waals surface area contributed by atoms with Gasteiger partial charge in [0, 0.05) is 22.3 Å². The highest BCUT2D eigenvalue weighted by molar-refractivity contribution is 6.03. The van der Waals surface area contributed by atoms with E-state index in [1.807, 2.05) is 36.5 Å². The molecule has 0 amide bonds. The Bertz CT molecular complexity index is 1890. The monoisotopic (exact) mass is 531 g/mol. The van der Waals surface area contributed by atoms with Crippen LogP contribution in [-0.2, 0) is 4.74 Å². The maximum Gasteiger partial charge on any atom is 0.217 e. The average molecular weight is 532 g/mol. The van der Waals surface area contributed by atoms with Crippen LogP contribution in [0.1, 0.15) is 28.3 Å². The normalized spacial score (nSPS) is 14.6. The minimum Gasteiger partial charge on any atom is -0.475 e. The molecule has 7 rings (SSSR count). The second-order valence-corrected chi connectivity index (χ2v) is 10.6. The van der Waals surface area contributed by atoms with Gasteiger partial charge in [-0.25, -0.2) is 9.98 Å². The standard InChI is InChI=1S/C37H29N3O/c1-24-12-16-26(17-13-24)29-20-21-30(27-18-14-25(2)15-19-27)36-35(29)38-22-33(39-36)31-10-6-7-11-32(31)37-40-34(23-41-37)28-8-4-3-5-9-28/h3-22,34H,23H2,1-2H3/t34-/m1/s1. The van der Waals surface area contributed by atoms with E-state index in [1.54, 1.807) is 0 Å². The summed E-state index contributed by atoms with van der Waals surface area (Å²) in [5.74, 6) is 0.642. The number of fused-ring (bicyclic) bond motifs is 1. The van der Waals surface area contributed by atoms with E-state index in [0.717, 1.165) is 55.7 Å². The van der Waals surface area contributed by atoms with Gasteiger partial charge in [-0.05, 0) is 36.6 Å². The molecule has 0 radical (unpaired) electrons. The Labute approximate surface area is 240 Å². The van der Waals surface area contributed by atoms with Crippen molar-refractivity contribution in [2.75, 3.05) is 6.61 Å². The number of aryl methyl sites for hydroxylation is 2. The van der Waals surface area contributed by atoms with Gasteiger partial charge in [0.25, 0.3) is 0 Å². The minimum atomic E-state index is -0.0212. The first-order valence-electron chi connectivity index (χ1n) is 13.9. The molecule has 5 aromatic carbocycles. The van der Waals surface area contributed by atoms with Crippen molar-refractivity contribution in [1.29, 1.82) is 0 Å². The van der Waals surface area contributed by atoms with Crippen molar-refractivity contribution in [3.05, 3.63) is 144 Å². The predicted octanol–water partition coefficient (Wildman–Crippen LogP) is 8.77. The van der Waals surface area contributed by atoms with Crippen LogP contribution in [0.25, 0.3) is 44.5 Å². The molecule has 0 unspecified atom stereocenters. The van der Waals surface area contributed by atoms with Gasteiger partial charge in [-0.15, -0.1) is 0 Å². The summed E-state index contributed by atoms with van der Waals surface area (Å²) in [4.78, 5) is 15.3. The minimum absolute atomic E-state index is 0.0212. The molecule has 1 atom stereocenters. The van der Waals surface area contributed by atoms with Crippen molar-refractivity contribution in [2.45, 2.75) is 19.9 Å². The molecular formula is C37H29N3O. The summed E-state index contributed by atoms with van der Waals surface area (Å²) in [6.45, 7) is 4.73. The van der Waals surface area contributed by atoms with Gasteiger partial charge in [0.2, 0.25) is 5.90 Å². The van der Waals surface area contributed by atoms with Crippen molar-refractivity contribution in [3.8, 4) is 33.5 Å². The molecule has 0 fully saturated rings. The van der Waals surface area contributed by atoms with Crippen LogP contribution in [0.15, 0.2) is 126 Å². The number of aliphatic imine (C=N–C) groups is 1. The fourth-order valence-corrected chi connectivity index (χ4v) is 5.42. The summed E-state index contributed by atoms with van der Waals surface area (Å²) >= 11 is 0. The summed E-state index contributed by atoms with van der Waals surface area (Å²) in [6, 6.07) is 39.9. The predicted molar refractivity (Wildman–Crippen MR) is 167 cm³/mol. The molecule has 0 saturated heterocycles. The molecule has 0 spiro atoms. The lowest BCUT2D eigenvalue weighted by molar-refractivity contribution is 0.320. The fourth-order valence-electron chi connectivity index (χ4n) is 5.42. The Morgan fingerprint density at radius 3 is 1.83 bits per heavy atom. The number of ether oxygens (including phenoxy) is 1. The number of hydrogen-bond donors (Lipinski definition) is 0. The van der Waals surface area contributed by atoms with E-state index in [9.17, 15) is 0 Å². The molecule has 1 aliphatic heterocycles. The first-order chi connectivity index (χ1) is 20.1. The molecule has 0 bridgehead atoms. The number of nitrogens with zero attached hydrogens (tertiary/aromatic N) is 3. The van der Waals surface area contributed by atoms with Gasteiger partial charge in [-0.2, -0.15) is 0 Å². The lowest BCUT2D eigenvalue weighted by Crippen LogP contribution is -2.04. The maximum atomic E-state index is 6.15. The van der Waals surface area contributed by atoms with E-state index < -0.39 is 0 Å². The number of benzene rings is 5. The van der Waals surface area contributed by atoms with Crippen LogP contribution in [0.4, 0.5) is 0 Å². The highest BCUT2D eigenvalue weighted by Crippen LogP contribution is 2.36. The largest absolute Gasteiger partial charge is 0.475 e. The molecule has 0 saturated carbocycles. The van der Waals surface area contributed by atoms with Crippen LogP contribution in [-0.4, -0.2) is 22.5 Å². The molecule has 198 valence electrons. The Morgan fingerprint density at radius 1 is 0.585 bits per heavy atom. The third-order valence-corrected chi connectivity index (χ3v) is 7.69. The van der Waals surface area contributed by atoms with Crippen molar-refractivity contribution in [2.24, 2.45) is 4.99 Å². The maximum absolute atomic E-state index is 6.15. The summed E-state index contributed by atoms with van der Waals surface area (Å²) in [7, 11) is 0. The quantitative estimate of drug-likeness (QED) is 0.223. The highest BCUT2D eigenvalue weighted by atomic mass is 16.5. The molecule has 0 aliphatic carbocycles. The van der Waals surface area contributed by atoms with E-state index in [4.69, 9.17) is 19.7 Å². The summed E-state index contributed by atoms with van der Waals surface area (Å²) in [6.07, 6.45) is 1.88. The number of aromatic nitrogens is 2. The zero-order chi connectivity index (χ0) is 27.8. The zero-order valence-corrected chi connectivity index (χ0v) is 23.1. The molecule has 1 aromatic heterocycles. The summed E-state index contributed by atoms with van der Waals surface area (Å²) in [5.41, 5.74) is 12.4. The lowest BCUT2D eigenvalue weighted by atomic mass is 9.96. The third-order valence-electron chi connectivity index (χ3n) is 7.69. The first kappa shape index (κ1) is 24.9. The topological polar surface area (TPSA) is 47.4 Å². The van der Waals surface area contributed by atoms with E-state index in [-0.39, 0.29) is 6.04 Å². The van der Waals surface area contributed by atoms with Gasteiger partial charge in [0.1, 0.15) is 12.6 Å². The molecule has 0 N–H and O–H groups in total. The Morgan fingerprint density at radius 2 is 1.17 bits per heavy atom. The average Bonchev–Trinajstić information content (AvgIpc) is 3.52. The first-order valence-corrected chi connectivity index (χ1v) is 13.9. The van der Waals surface area contributed by atoms with Gasteiger partial charge >= 0.3 is 0 Å². The Balaban J connectivity index is 1.38. The van der Waals surface area contributed by atoms with Crippen molar-refractivity contribution >= 4 is 16.9 Å². The Kier molecular flexibility index (Phi) is 6.36. The van der Waals surface area contributed by atoms with E-state index in [1.165, 1.54) is 11.1 Å². The van der Waals surface area contributed by atoms with Crippen molar-refractivity contribution < 1.29 is 4.74 Å². The smallest absolute Gasteiger partial charge is 0.217 e. The van der Waals surface area contributed by atoms with Crippen LogP contribution >= 0.6 is 0 Å². The molecule has 4 nitrogen and oxygen atoms in total. The van der Waals surface area contributed by atoms with Crippen LogP contribution < -0.4 is 0 Å². The highest BCUT2D eigenvalue weighted by Gasteiger charge is 2.24. The zero-order valence-electron chi connectivity index (χ0n) is 23.1. The van der Waals surface area contributed by atoms with Crippen LogP contribution in [0, 0.1) is 13.8 Å². The molecule has 41 heavy (non-hydrogen) atoms. The molecule has 1 aliphatic rings. The third kappa shape index (κ3) is 4.78. The van der Waals surface area contributed by atoms with Gasteiger partial charge in [-0.1, -0.05) is 120 Å². The van der Waals surface area contributed by atoms with Crippen molar-refractivity contribution in [1.82, 2.24) is 9.97 Å². The molecule has 6 aromatic rings. The second kappa shape index (κ2) is 10.5.